The van der Waals surface area contributed by atoms with Gasteiger partial charge < -0.3 is 20.1 Å². The maximum Gasteiger partial charge on any atom is 0.242 e. The van der Waals surface area contributed by atoms with Crippen LogP contribution in [0, 0.1) is 0 Å². The van der Waals surface area contributed by atoms with Crippen molar-refractivity contribution in [1.82, 2.24) is 0 Å². The lowest BCUT2D eigenvalue weighted by atomic mass is 10.2. The fraction of sp³-hybridized carbons (Fsp3) is 0.333. The molecule has 2 rings (SSSR count). The van der Waals surface area contributed by atoms with Gasteiger partial charge in [-0.05, 0) is 49.7 Å². The fourth-order valence-corrected chi connectivity index (χ4v) is 4.38. The number of anilines is 2. The van der Waals surface area contributed by atoms with Gasteiger partial charge in [-0.3, -0.25) is 9.59 Å². The minimum absolute atomic E-state index is 0.0274. The van der Waals surface area contributed by atoms with E-state index in [2.05, 4.69) is 10.6 Å². The lowest BCUT2D eigenvalue weighted by Gasteiger charge is -2.17. The number of benzene rings is 2. The zero-order chi connectivity index (χ0) is 22.1. The van der Waals surface area contributed by atoms with Gasteiger partial charge in [-0.1, -0.05) is 19.1 Å². The molecule has 1 atom stereocenters. The lowest BCUT2D eigenvalue weighted by molar-refractivity contribution is -0.115. The summed E-state index contributed by atoms with van der Waals surface area (Å²) in [5.41, 5.74) is 0.794. The van der Waals surface area contributed by atoms with E-state index >= 15 is 0 Å². The molecule has 0 spiro atoms. The number of hydrogen-bond donors (Lipinski definition) is 2. The number of rotatable bonds is 10. The van der Waals surface area contributed by atoms with Crippen LogP contribution < -0.4 is 20.1 Å². The van der Waals surface area contributed by atoms with Gasteiger partial charge in [-0.2, -0.15) is 0 Å². The van der Waals surface area contributed by atoms with Gasteiger partial charge in [0.05, 0.1) is 19.4 Å². The molecule has 2 N–H and O–H groups in total. The van der Waals surface area contributed by atoms with E-state index in [4.69, 9.17) is 9.47 Å². The third kappa shape index (κ3) is 6.21. The molecule has 0 aliphatic heterocycles. The Kier molecular flexibility index (Phi) is 8.23. The number of nitrogens with one attached hydrogen (secondary N) is 2. The van der Waals surface area contributed by atoms with Crippen LogP contribution in [-0.4, -0.2) is 45.0 Å². The Morgan fingerprint density at radius 1 is 1.00 bits per heavy atom. The Bertz CT molecular complexity index is 973. The predicted octanol–water partition coefficient (Wildman–Crippen LogP) is 2.86. The number of ether oxygens (including phenoxy) is 2. The first kappa shape index (κ1) is 23.2. The Morgan fingerprint density at radius 3 is 2.27 bits per heavy atom. The van der Waals surface area contributed by atoms with Crippen molar-refractivity contribution < 1.29 is 27.5 Å². The zero-order valence-corrected chi connectivity index (χ0v) is 18.0. The van der Waals surface area contributed by atoms with E-state index in [-0.39, 0.29) is 6.42 Å². The molecule has 0 heterocycles. The highest BCUT2D eigenvalue weighted by atomic mass is 32.2. The Hall–Kier alpha value is -3.07. The van der Waals surface area contributed by atoms with Crippen molar-refractivity contribution in [3.63, 3.8) is 0 Å². The largest absolute Gasteiger partial charge is 0.495 e. The number of carbonyl (C=O) groups is 2. The Balaban J connectivity index is 2.05. The quantitative estimate of drug-likeness (QED) is 0.595. The van der Waals surface area contributed by atoms with Gasteiger partial charge in [-0.15, -0.1) is 0 Å². The Morgan fingerprint density at radius 2 is 1.67 bits per heavy atom. The molecule has 0 saturated heterocycles. The SMILES string of the molecule is CCOc1ccc(NC(=O)CS(=O)(=O)C(CC)C(=O)Nc2ccccc2OC)cc1. The van der Waals surface area contributed by atoms with Crippen molar-refractivity contribution in [1.29, 1.82) is 0 Å². The van der Waals surface area contributed by atoms with Crippen LogP contribution in [0.1, 0.15) is 20.3 Å². The third-order valence-electron chi connectivity index (χ3n) is 4.24. The van der Waals surface area contributed by atoms with Gasteiger partial charge in [0, 0.05) is 5.69 Å². The summed E-state index contributed by atoms with van der Waals surface area (Å²) in [6, 6.07) is 13.2. The van der Waals surface area contributed by atoms with Crippen LogP contribution in [0.25, 0.3) is 0 Å². The lowest BCUT2D eigenvalue weighted by Crippen LogP contribution is -2.39. The molecular weight excluding hydrogens is 408 g/mol. The standard InChI is InChI=1S/C21H26N2O6S/c1-4-19(21(25)23-17-8-6-7-9-18(17)28-3)30(26,27)14-20(24)22-15-10-12-16(13-11-15)29-5-2/h6-13,19H,4-5,14H2,1-3H3,(H,22,24)(H,23,25). The van der Waals surface area contributed by atoms with Gasteiger partial charge in [0.15, 0.2) is 9.84 Å². The smallest absolute Gasteiger partial charge is 0.242 e. The van der Waals surface area contributed by atoms with E-state index in [9.17, 15) is 18.0 Å². The second-order valence-electron chi connectivity index (χ2n) is 6.40. The molecule has 162 valence electrons. The molecule has 8 nitrogen and oxygen atoms in total. The van der Waals surface area contributed by atoms with Crippen LogP contribution in [0.4, 0.5) is 11.4 Å². The molecule has 0 radical (unpaired) electrons. The van der Waals surface area contributed by atoms with Gasteiger partial charge in [-0.25, -0.2) is 8.42 Å². The number of sulfone groups is 1. The molecule has 0 bridgehead atoms. The third-order valence-corrected chi connectivity index (χ3v) is 6.32. The topological polar surface area (TPSA) is 111 Å². The normalized spacial score (nSPS) is 12.0. The summed E-state index contributed by atoms with van der Waals surface area (Å²) < 4.78 is 35.9. The molecule has 30 heavy (non-hydrogen) atoms. The molecule has 0 aromatic heterocycles. The molecular formula is C21H26N2O6S. The number of amides is 2. The van der Waals surface area contributed by atoms with Crippen molar-refractivity contribution in [2.45, 2.75) is 25.5 Å². The maximum atomic E-state index is 12.7. The first-order valence-electron chi connectivity index (χ1n) is 9.48. The highest BCUT2D eigenvalue weighted by Crippen LogP contribution is 2.24. The van der Waals surface area contributed by atoms with Crippen LogP contribution in [0.3, 0.4) is 0 Å². The van der Waals surface area contributed by atoms with Gasteiger partial charge >= 0.3 is 0 Å². The second-order valence-corrected chi connectivity index (χ2v) is 8.58. The minimum atomic E-state index is -4.04. The molecule has 0 fully saturated rings. The molecule has 2 amide bonds. The van der Waals surface area contributed by atoms with Crippen LogP contribution in [0.15, 0.2) is 48.5 Å². The molecule has 1 unspecified atom stereocenters. The van der Waals surface area contributed by atoms with E-state index in [1.54, 1.807) is 55.5 Å². The summed E-state index contributed by atoms with van der Waals surface area (Å²) in [7, 11) is -2.59. The van der Waals surface area contributed by atoms with Crippen molar-refractivity contribution in [2.24, 2.45) is 0 Å². The van der Waals surface area contributed by atoms with Gasteiger partial charge in [0.2, 0.25) is 11.8 Å². The van der Waals surface area contributed by atoms with E-state index in [1.807, 2.05) is 6.92 Å². The first-order chi connectivity index (χ1) is 14.3. The summed E-state index contributed by atoms with van der Waals surface area (Å²) in [5, 5.41) is 3.73. The Labute approximate surface area is 176 Å². The van der Waals surface area contributed by atoms with Crippen molar-refractivity contribution in [3.05, 3.63) is 48.5 Å². The van der Waals surface area contributed by atoms with Crippen LogP contribution in [0.5, 0.6) is 11.5 Å². The molecule has 0 saturated carbocycles. The predicted molar refractivity (Wildman–Crippen MR) is 116 cm³/mol. The number of carbonyl (C=O) groups excluding carboxylic acids is 2. The molecule has 9 heteroatoms. The van der Waals surface area contributed by atoms with Crippen molar-refractivity contribution in [2.75, 3.05) is 30.1 Å². The average molecular weight is 435 g/mol. The highest BCUT2D eigenvalue weighted by molar-refractivity contribution is 7.93. The van der Waals surface area contributed by atoms with E-state index < -0.39 is 32.7 Å². The highest BCUT2D eigenvalue weighted by Gasteiger charge is 2.33. The second kappa shape index (κ2) is 10.6. The fourth-order valence-electron chi connectivity index (χ4n) is 2.85. The van der Waals surface area contributed by atoms with Gasteiger partial charge in [0.1, 0.15) is 22.5 Å². The van der Waals surface area contributed by atoms with Gasteiger partial charge in [0.25, 0.3) is 0 Å². The van der Waals surface area contributed by atoms with E-state index in [0.29, 0.717) is 29.5 Å². The maximum absolute atomic E-state index is 12.7. The zero-order valence-electron chi connectivity index (χ0n) is 17.2. The monoisotopic (exact) mass is 434 g/mol. The summed E-state index contributed by atoms with van der Waals surface area (Å²) in [5.74, 6) is -1.19. The molecule has 0 aliphatic carbocycles. The van der Waals surface area contributed by atoms with Crippen LogP contribution >= 0.6 is 0 Å². The summed E-state index contributed by atoms with van der Waals surface area (Å²) in [6.07, 6.45) is 0.0274. The van der Waals surface area contributed by atoms with Crippen LogP contribution in [0.2, 0.25) is 0 Å². The first-order valence-corrected chi connectivity index (χ1v) is 11.2. The minimum Gasteiger partial charge on any atom is -0.495 e. The molecule has 2 aromatic carbocycles. The molecule has 2 aromatic rings. The summed E-state index contributed by atoms with van der Waals surface area (Å²) >= 11 is 0. The van der Waals surface area contributed by atoms with Crippen molar-refractivity contribution >= 4 is 33.0 Å². The number of hydrogen-bond acceptors (Lipinski definition) is 6. The molecule has 0 aliphatic rings. The van der Waals surface area contributed by atoms with E-state index in [0.717, 1.165) is 0 Å². The number of para-hydroxylation sites is 2. The van der Waals surface area contributed by atoms with Crippen molar-refractivity contribution in [3.8, 4) is 11.5 Å². The average Bonchev–Trinajstić information content (AvgIpc) is 2.70. The number of methoxy groups -OCH3 is 1. The van der Waals surface area contributed by atoms with E-state index in [1.165, 1.54) is 7.11 Å². The van der Waals surface area contributed by atoms with Crippen LogP contribution in [-0.2, 0) is 19.4 Å². The summed E-state index contributed by atoms with van der Waals surface area (Å²) in [4.78, 5) is 24.9. The summed E-state index contributed by atoms with van der Waals surface area (Å²) in [6.45, 7) is 3.95.